The summed E-state index contributed by atoms with van der Waals surface area (Å²) in [6.45, 7) is 6.20. The lowest BCUT2D eigenvalue weighted by atomic mass is 10.1. The van der Waals surface area contributed by atoms with Gasteiger partial charge >= 0.3 is 24.3 Å². The molecule has 0 atom stereocenters. The number of methoxy groups -OCH3 is 1. The molecule has 50 heavy (non-hydrogen) atoms. The highest BCUT2D eigenvalue weighted by molar-refractivity contribution is 5.95. The van der Waals surface area contributed by atoms with E-state index in [0.29, 0.717) is 35.2 Å². The Kier molecular flexibility index (Phi) is 13.8. The molecule has 0 aliphatic heterocycles. The van der Waals surface area contributed by atoms with Crippen LogP contribution in [0.25, 0.3) is 11.0 Å². The molecular formula is C31H32F7N5O7. The van der Waals surface area contributed by atoms with Crippen LogP contribution >= 0.6 is 0 Å². The molecular weight excluding hydrogens is 687 g/mol. The van der Waals surface area contributed by atoms with Crippen molar-refractivity contribution in [1.29, 1.82) is 5.41 Å². The van der Waals surface area contributed by atoms with E-state index < -0.39 is 30.1 Å². The fraction of sp³-hybridized carbons (Fsp3) is 0.290. The van der Waals surface area contributed by atoms with Crippen molar-refractivity contribution in [3.8, 4) is 17.2 Å². The molecule has 0 saturated heterocycles. The number of aromatic amines is 1. The quantitative estimate of drug-likeness (QED) is 0.0665. The Labute approximate surface area is 279 Å². The lowest BCUT2D eigenvalue weighted by Gasteiger charge is -2.26. The van der Waals surface area contributed by atoms with Crippen LogP contribution in [0, 0.1) is 11.2 Å². The second-order valence-electron chi connectivity index (χ2n) is 10.1. The summed E-state index contributed by atoms with van der Waals surface area (Å²) >= 11 is 0. The summed E-state index contributed by atoms with van der Waals surface area (Å²) in [5, 5.41) is 21.9. The Morgan fingerprint density at radius 2 is 1.52 bits per heavy atom. The Bertz CT molecular complexity index is 1750. The van der Waals surface area contributed by atoms with Crippen molar-refractivity contribution < 1.29 is 64.7 Å². The average Bonchev–Trinajstić information content (AvgIpc) is 3.43. The number of nitrogens with zero attached hydrogens (tertiary/aromatic N) is 2. The number of nitrogens with two attached hydrogens (primary N) is 1. The summed E-state index contributed by atoms with van der Waals surface area (Å²) in [6, 6.07) is 15.8. The third kappa shape index (κ3) is 11.7. The number of carboxylic acids is 2. The molecule has 6 N–H and O–H groups in total. The number of anilines is 2. The number of rotatable bonds is 10. The number of aliphatic carboxylic acids is 2. The highest BCUT2D eigenvalue weighted by atomic mass is 19.4. The predicted octanol–water partition coefficient (Wildman–Crippen LogP) is 6.79. The number of nitrogens with one attached hydrogen (secondary N) is 2. The number of halogens is 7. The van der Waals surface area contributed by atoms with Gasteiger partial charge in [-0.3, -0.25) is 5.41 Å². The van der Waals surface area contributed by atoms with Gasteiger partial charge in [-0.1, -0.05) is 0 Å². The molecule has 4 rings (SSSR count). The highest BCUT2D eigenvalue weighted by Gasteiger charge is 2.39. The number of benzene rings is 3. The molecule has 4 aromatic rings. The molecule has 0 fully saturated rings. The number of carboxylic acid groups (broad SMARTS) is 2. The molecule has 0 unspecified atom stereocenters. The first-order chi connectivity index (χ1) is 23.2. The van der Waals surface area contributed by atoms with Crippen LogP contribution in [0.3, 0.4) is 0 Å². The van der Waals surface area contributed by atoms with Gasteiger partial charge in [0.2, 0.25) is 0 Å². The number of fused-ring (bicyclic) bond motifs is 1. The van der Waals surface area contributed by atoms with E-state index in [1.54, 1.807) is 48.4 Å². The van der Waals surface area contributed by atoms with Crippen molar-refractivity contribution >= 4 is 40.2 Å². The molecule has 0 amide bonds. The lowest BCUT2D eigenvalue weighted by molar-refractivity contribution is -0.193. The molecule has 0 aliphatic rings. The van der Waals surface area contributed by atoms with E-state index >= 15 is 4.39 Å². The number of ether oxygens (including phenoxy) is 3. The summed E-state index contributed by atoms with van der Waals surface area (Å²) in [4.78, 5) is 27.6. The fourth-order valence-electron chi connectivity index (χ4n) is 3.87. The van der Waals surface area contributed by atoms with Gasteiger partial charge in [0.1, 0.15) is 23.2 Å². The number of imidazole rings is 1. The first-order valence-electron chi connectivity index (χ1n) is 14.2. The maximum atomic E-state index is 15.9. The Hall–Kier alpha value is -5.75. The SMILES string of the molecule is CCOc1cc(OC(C)C)c(F)c(N(Cc2nc3ccc(OC)cc3[nH]2)c2ccc(C(=N)N)cc2)c1.O=C(O)C(F)(F)F.O=C(O)C(F)(F)F. The van der Waals surface area contributed by atoms with Crippen molar-refractivity contribution in [2.45, 2.75) is 45.8 Å². The minimum absolute atomic E-state index is 0.0449. The fourth-order valence-corrected chi connectivity index (χ4v) is 3.87. The van der Waals surface area contributed by atoms with E-state index in [1.165, 1.54) is 0 Å². The Balaban J connectivity index is 0.000000521. The molecule has 19 heteroatoms. The summed E-state index contributed by atoms with van der Waals surface area (Å²) in [5.74, 6) is -4.14. The maximum absolute atomic E-state index is 15.9. The number of alkyl halides is 6. The van der Waals surface area contributed by atoms with Crippen LogP contribution in [0.2, 0.25) is 0 Å². The Morgan fingerprint density at radius 1 is 0.960 bits per heavy atom. The van der Waals surface area contributed by atoms with E-state index in [1.807, 2.05) is 39.0 Å². The molecule has 0 bridgehead atoms. The number of amidine groups is 1. The van der Waals surface area contributed by atoms with Crippen LogP contribution in [0.15, 0.2) is 54.6 Å². The zero-order valence-electron chi connectivity index (χ0n) is 26.7. The Morgan fingerprint density at radius 3 is 1.98 bits per heavy atom. The zero-order valence-corrected chi connectivity index (χ0v) is 26.7. The van der Waals surface area contributed by atoms with E-state index in [4.69, 9.17) is 50.1 Å². The van der Waals surface area contributed by atoms with Gasteiger partial charge in [-0.2, -0.15) is 26.3 Å². The van der Waals surface area contributed by atoms with E-state index in [-0.39, 0.29) is 29.9 Å². The van der Waals surface area contributed by atoms with Crippen molar-refractivity contribution in [3.05, 3.63) is 71.8 Å². The van der Waals surface area contributed by atoms with Gasteiger partial charge in [0, 0.05) is 29.4 Å². The molecule has 1 heterocycles. The molecule has 12 nitrogen and oxygen atoms in total. The summed E-state index contributed by atoms with van der Waals surface area (Å²) in [6.07, 6.45) is -10.4. The van der Waals surface area contributed by atoms with Gasteiger partial charge in [-0.05, 0) is 57.2 Å². The van der Waals surface area contributed by atoms with Gasteiger partial charge in [0.05, 0.1) is 43.1 Å². The zero-order chi connectivity index (χ0) is 38.0. The third-order valence-electron chi connectivity index (χ3n) is 5.98. The minimum atomic E-state index is -5.08. The van der Waals surface area contributed by atoms with Crippen molar-refractivity contribution in [3.63, 3.8) is 0 Å². The molecule has 1 aromatic heterocycles. The van der Waals surface area contributed by atoms with Crippen molar-refractivity contribution in [2.75, 3.05) is 18.6 Å². The molecule has 0 spiro atoms. The summed E-state index contributed by atoms with van der Waals surface area (Å²) < 4.78 is 96.2. The van der Waals surface area contributed by atoms with Gasteiger partial charge in [-0.15, -0.1) is 0 Å². The van der Waals surface area contributed by atoms with Gasteiger partial charge < -0.3 is 40.0 Å². The summed E-state index contributed by atoms with van der Waals surface area (Å²) in [7, 11) is 1.61. The second kappa shape index (κ2) is 17.1. The van der Waals surface area contributed by atoms with Crippen LogP contribution in [0.5, 0.6) is 17.2 Å². The molecule has 0 radical (unpaired) electrons. The number of hydrogen-bond acceptors (Lipinski definition) is 8. The van der Waals surface area contributed by atoms with Crippen LogP contribution in [-0.4, -0.2) is 70.1 Å². The lowest BCUT2D eigenvalue weighted by Crippen LogP contribution is -2.21. The van der Waals surface area contributed by atoms with Crippen LogP contribution in [-0.2, 0) is 16.1 Å². The number of carbonyl (C=O) groups is 2. The highest BCUT2D eigenvalue weighted by Crippen LogP contribution is 2.38. The predicted molar refractivity (Wildman–Crippen MR) is 167 cm³/mol. The van der Waals surface area contributed by atoms with Gasteiger partial charge in [0.15, 0.2) is 11.6 Å². The number of H-pyrrole nitrogens is 1. The molecule has 0 aliphatic carbocycles. The van der Waals surface area contributed by atoms with E-state index in [0.717, 1.165) is 11.0 Å². The molecule has 3 aromatic carbocycles. The number of nitrogen functional groups attached to an aromatic ring is 1. The van der Waals surface area contributed by atoms with E-state index in [2.05, 4.69) is 4.98 Å². The van der Waals surface area contributed by atoms with Gasteiger partial charge in [-0.25, -0.2) is 19.0 Å². The minimum Gasteiger partial charge on any atom is -0.497 e. The first-order valence-corrected chi connectivity index (χ1v) is 14.2. The van der Waals surface area contributed by atoms with Crippen molar-refractivity contribution in [1.82, 2.24) is 9.97 Å². The van der Waals surface area contributed by atoms with Crippen LogP contribution in [0.1, 0.15) is 32.2 Å². The van der Waals surface area contributed by atoms with Gasteiger partial charge in [0.25, 0.3) is 0 Å². The average molecular weight is 720 g/mol. The van der Waals surface area contributed by atoms with Crippen LogP contribution in [0.4, 0.5) is 42.1 Å². The van der Waals surface area contributed by atoms with Crippen LogP contribution < -0.4 is 24.8 Å². The summed E-state index contributed by atoms with van der Waals surface area (Å²) in [5.41, 5.74) is 8.74. The largest absolute Gasteiger partial charge is 0.497 e. The molecule has 0 saturated carbocycles. The maximum Gasteiger partial charge on any atom is 0.490 e. The smallest absolute Gasteiger partial charge is 0.490 e. The number of hydrogen-bond donors (Lipinski definition) is 5. The monoisotopic (exact) mass is 719 g/mol. The topological polar surface area (TPSA) is 184 Å². The standard InChI is InChI=1S/C27H30FN5O3.2C2HF3O2/c1-5-35-20-13-23(26(28)24(14-20)36-16(2)3)33(18-8-6-17(7-9-18)27(29)30)15-25-31-21-11-10-19(34-4)12-22(21)32-25;2*3-2(4,5)1(6)7/h6-14,16H,5,15H2,1-4H3,(H3,29,30)(H,31,32);2*(H,6,7). The second-order valence-corrected chi connectivity index (χ2v) is 10.1. The van der Waals surface area contributed by atoms with Crippen molar-refractivity contribution in [2.24, 2.45) is 5.73 Å². The molecule has 272 valence electrons. The normalized spacial score (nSPS) is 11.1. The number of aromatic nitrogens is 2. The third-order valence-corrected chi connectivity index (χ3v) is 5.98. The van der Waals surface area contributed by atoms with E-state index in [9.17, 15) is 26.3 Å². The first kappa shape index (κ1) is 40.4.